The Kier molecular flexibility index (Phi) is 8.95. The Morgan fingerprint density at radius 1 is 0.951 bits per heavy atom. The van der Waals surface area contributed by atoms with Gasteiger partial charge in [0.1, 0.15) is 6.54 Å². The van der Waals surface area contributed by atoms with E-state index < -0.39 is 41.4 Å². The number of H-pyrrole nitrogens is 1. The molecule has 0 radical (unpaired) electrons. The number of hydrogen-bond acceptors (Lipinski definition) is 2. The fraction of sp³-hybridized carbons (Fsp3) is 0.267. The van der Waals surface area contributed by atoms with Crippen LogP contribution in [-0.2, 0) is 23.9 Å². The predicted octanol–water partition coefficient (Wildman–Crippen LogP) is 6.98. The number of rotatable bonds is 9. The third-order valence-corrected chi connectivity index (χ3v) is 6.69. The summed E-state index contributed by atoms with van der Waals surface area (Å²) in [5, 5.41) is 3.47. The minimum Gasteiger partial charge on any atom is -0.361 e. The van der Waals surface area contributed by atoms with Crippen LogP contribution in [0.3, 0.4) is 0 Å². The highest BCUT2D eigenvalue weighted by Crippen LogP contribution is 2.29. The van der Waals surface area contributed by atoms with Crippen LogP contribution in [0.2, 0.25) is 0 Å². The van der Waals surface area contributed by atoms with Crippen molar-refractivity contribution in [2.75, 3.05) is 18.4 Å². The van der Waals surface area contributed by atoms with Crippen molar-refractivity contribution in [2.24, 2.45) is 0 Å². The van der Waals surface area contributed by atoms with E-state index in [1.54, 1.807) is 13.8 Å². The Labute approximate surface area is 233 Å². The molecule has 1 aromatic heterocycles. The number of aromatic amines is 1. The molecule has 1 heterocycles. The number of aromatic nitrogens is 1. The van der Waals surface area contributed by atoms with Gasteiger partial charge >= 0.3 is 12.2 Å². The molecule has 4 rings (SSSR count). The molecule has 0 saturated carbocycles. The van der Waals surface area contributed by atoms with Gasteiger partial charge in [-0.05, 0) is 61.7 Å². The van der Waals surface area contributed by atoms with Gasteiger partial charge in [-0.3, -0.25) is 4.79 Å². The molecule has 3 aromatic carbocycles. The molecular formula is C30H29F5N4O2. The van der Waals surface area contributed by atoms with Crippen LogP contribution in [0, 0.1) is 11.6 Å². The number of para-hydroxylation sites is 1. The second-order valence-corrected chi connectivity index (χ2v) is 9.90. The lowest BCUT2D eigenvalue weighted by Crippen LogP contribution is -2.47. The maximum absolute atomic E-state index is 13.6. The highest BCUT2D eigenvalue weighted by atomic mass is 19.4. The maximum atomic E-state index is 13.6. The molecule has 0 spiro atoms. The normalized spacial score (nSPS) is 11.6. The van der Waals surface area contributed by atoms with Crippen molar-refractivity contribution in [1.29, 1.82) is 0 Å². The van der Waals surface area contributed by atoms with Gasteiger partial charge in [0, 0.05) is 48.0 Å². The van der Waals surface area contributed by atoms with Crippen LogP contribution in [0.5, 0.6) is 0 Å². The monoisotopic (exact) mass is 572 g/mol. The van der Waals surface area contributed by atoms with Crippen LogP contribution >= 0.6 is 0 Å². The van der Waals surface area contributed by atoms with Crippen LogP contribution in [0.4, 0.5) is 32.4 Å². The molecule has 2 N–H and O–H groups in total. The minimum atomic E-state index is -4.48. The first-order valence-corrected chi connectivity index (χ1v) is 12.9. The quantitative estimate of drug-likeness (QED) is 0.213. The van der Waals surface area contributed by atoms with Crippen LogP contribution in [0.1, 0.15) is 30.5 Å². The van der Waals surface area contributed by atoms with E-state index in [-0.39, 0.29) is 25.3 Å². The highest BCUT2D eigenvalue weighted by molar-refractivity contribution is 5.92. The number of carbonyl (C=O) groups excluding carboxylic acids is 2. The van der Waals surface area contributed by atoms with E-state index in [9.17, 15) is 31.5 Å². The number of urea groups is 1. The number of nitrogens with one attached hydrogen (secondary N) is 2. The zero-order valence-corrected chi connectivity index (χ0v) is 22.4. The third kappa shape index (κ3) is 7.41. The molecule has 0 aliphatic heterocycles. The summed E-state index contributed by atoms with van der Waals surface area (Å²) in [6.07, 6.45) is -2.18. The fourth-order valence-corrected chi connectivity index (χ4v) is 4.41. The average molecular weight is 573 g/mol. The zero-order valence-electron chi connectivity index (χ0n) is 22.4. The van der Waals surface area contributed by atoms with E-state index in [0.29, 0.717) is 12.0 Å². The summed E-state index contributed by atoms with van der Waals surface area (Å²) in [7, 11) is 0. The maximum Gasteiger partial charge on any atom is 0.416 e. The molecule has 6 nitrogen and oxygen atoms in total. The highest BCUT2D eigenvalue weighted by Gasteiger charge is 2.30. The first-order valence-electron chi connectivity index (χ1n) is 12.9. The molecular weight excluding hydrogens is 543 g/mol. The van der Waals surface area contributed by atoms with Gasteiger partial charge in [0.25, 0.3) is 0 Å². The Hall–Kier alpha value is -4.41. The second kappa shape index (κ2) is 12.4. The standard InChI is InChI=1S/C30H29F5N4O2/c1-19(2)39(29(41)37-23-11-12-25(31)26(32)15-23)18-28(40)38(17-20-7-9-22(10-8-20)30(33,34)35)14-13-21-16-36-27-6-4-3-5-24(21)27/h3-12,15-16,19,36H,13-14,17-18H2,1-2H3,(H,37,41). The second-order valence-electron chi connectivity index (χ2n) is 9.90. The van der Waals surface area contributed by atoms with Gasteiger partial charge in [0.15, 0.2) is 11.6 Å². The molecule has 0 aliphatic rings. The summed E-state index contributed by atoms with van der Waals surface area (Å²) in [4.78, 5) is 32.5. The van der Waals surface area contributed by atoms with Crippen LogP contribution < -0.4 is 5.32 Å². The van der Waals surface area contributed by atoms with Gasteiger partial charge < -0.3 is 20.1 Å². The molecule has 3 amide bonds. The number of alkyl halides is 3. The van der Waals surface area contributed by atoms with Gasteiger partial charge in [-0.25, -0.2) is 13.6 Å². The third-order valence-electron chi connectivity index (χ3n) is 6.69. The number of amides is 3. The molecule has 0 atom stereocenters. The van der Waals surface area contributed by atoms with Crippen molar-refractivity contribution in [3.05, 3.63) is 101 Å². The molecule has 0 unspecified atom stereocenters. The molecule has 216 valence electrons. The van der Waals surface area contributed by atoms with Crippen molar-refractivity contribution in [3.63, 3.8) is 0 Å². The fourth-order valence-electron chi connectivity index (χ4n) is 4.41. The van der Waals surface area contributed by atoms with E-state index >= 15 is 0 Å². The van der Waals surface area contributed by atoms with Crippen LogP contribution in [0.15, 0.2) is 72.9 Å². The van der Waals surface area contributed by atoms with Crippen molar-refractivity contribution in [2.45, 2.75) is 39.0 Å². The Morgan fingerprint density at radius 3 is 2.32 bits per heavy atom. The number of nitrogens with zero attached hydrogens (tertiary/aromatic N) is 2. The molecule has 0 fully saturated rings. The van der Waals surface area contributed by atoms with E-state index in [1.807, 2.05) is 30.5 Å². The van der Waals surface area contributed by atoms with Crippen molar-refractivity contribution in [1.82, 2.24) is 14.8 Å². The summed E-state index contributed by atoms with van der Waals surface area (Å²) in [5.74, 6) is -2.62. The lowest BCUT2D eigenvalue weighted by atomic mass is 10.1. The first-order chi connectivity index (χ1) is 19.4. The predicted molar refractivity (Wildman–Crippen MR) is 146 cm³/mol. The summed E-state index contributed by atoms with van der Waals surface area (Å²) in [6, 6.07) is 14.0. The summed E-state index contributed by atoms with van der Waals surface area (Å²) >= 11 is 0. The number of benzene rings is 3. The smallest absolute Gasteiger partial charge is 0.361 e. The number of fused-ring (bicyclic) bond motifs is 1. The Balaban J connectivity index is 1.53. The molecule has 41 heavy (non-hydrogen) atoms. The summed E-state index contributed by atoms with van der Waals surface area (Å²) in [6.45, 7) is 3.31. The number of carbonyl (C=O) groups is 2. The van der Waals surface area contributed by atoms with Crippen LogP contribution in [-0.4, -0.2) is 45.9 Å². The number of anilines is 1. The molecule has 0 saturated heterocycles. The van der Waals surface area contributed by atoms with Gasteiger partial charge in [-0.2, -0.15) is 13.2 Å². The lowest BCUT2D eigenvalue weighted by Gasteiger charge is -2.30. The van der Waals surface area contributed by atoms with Crippen molar-refractivity contribution < 1.29 is 31.5 Å². The van der Waals surface area contributed by atoms with Gasteiger partial charge in [0.2, 0.25) is 5.91 Å². The summed E-state index contributed by atoms with van der Waals surface area (Å²) in [5.41, 5.74) is 1.61. The van der Waals surface area contributed by atoms with Crippen molar-refractivity contribution >= 4 is 28.5 Å². The number of hydrogen-bond donors (Lipinski definition) is 2. The topological polar surface area (TPSA) is 68.4 Å². The van der Waals surface area contributed by atoms with Crippen LogP contribution in [0.25, 0.3) is 10.9 Å². The Morgan fingerprint density at radius 2 is 1.66 bits per heavy atom. The molecule has 11 heteroatoms. The molecule has 4 aromatic rings. The SMILES string of the molecule is CC(C)N(CC(=O)N(CCc1c[nH]c2ccccc12)Cc1ccc(C(F)(F)F)cc1)C(=O)Nc1ccc(F)c(F)c1. The average Bonchev–Trinajstić information content (AvgIpc) is 3.34. The number of halogens is 5. The van der Waals surface area contributed by atoms with Crippen molar-refractivity contribution in [3.8, 4) is 0 Å². The van der Waals surface area contributed by atoms with Gasteiger partial charge in [0.05, 0.1) is 5.56 Å². The van der Waals surface area contributed by atoms with E-state index in [0.717, 1.165) is 40.7 Å². The Bertz CT molecular complexity index is 1520. The lowest BCUT2D eigenvalue weighted by molar-refractivity contribution is -0.137. The molecule has 0 aliphatic carbocycles. The van der Waals surface area contributed by atoms with Gasteiger partial charge in [-0.1, -0.05) is 30.3 Å². The largest absolute Gasteiger partial charge is 0.416 e. The summed E-state index contributed by atoms with van der Waals surface area (Å²) < 4.78 is 66.1. The van der Waals surface area contributed by atoms with Gasteiger partial charge in [-0.15, -0.1) is 0 Å². The van der Waals surface area contributed by atoms with E-state index in [1.165, 1.54) is 28.0 Å². The zero-order chi connectivity index (χ0) is 29.7. The minimum absolute atomic E-state index is 0.0212. The molecule has 0 bridgehead atoms. The van der Waals surface area contributed by atoms with E-state index in [2.05, 4.69) is 10.3 Å². The van der Waals surface area contributed by atoms with E-state index in [4.69, 9.17) is 0 Å². The first kappa shape index (κ1) is 29.6.